The van der Waals surface area contributed by atoms with Crippen molar-refractivity contribution in [3.05, 3.63) is 5.15 Å². The van der Waals surface area contributed by atoms with E-state index in [1.54, 1.807) is 0 Å². The van der Waals surface area contributed by atoms with E-state index in [-0.39, 0.29) is 0 Å². The molecule has 2 aliphatic heterocycles. The van der Waals surface area contributed by atoms with Crippen LogP contribution in [0.25, 0.3) is 0 Å². The average molecular weight is 216 g/mol. The normalized spacial score (nSPS) is 31.6. The Morgan fingerprint density at radius 3 is 2.23 bits per heavy atom. The minimum Gasteiger partial charge on any atom is -0.347 e. The van der Waals surface area contributed by atoms with Gasteiger partial charge in [0.1, 0.15) is 0 Å². The predicted molar refractivity (Wildman–Crippen MR) is 53.4 cm³/mol. The number of halogens is 1. The molecular formula is C8H10ClN3S. The first-order chi connectivity index (χ1) is 6.36. The Morgan fingerprint density at radius 2 is 1.77 bits per heavy atom. The summed E-state index contributed by atoms with van der Waals surface area (Å²) in [6.45, 7) is 0. The van der Waals surface area contributed by atoms with Gasteiger partial charge in [0.15, 0.2) is 11.0 Å². The highest BCUT2D eigenvalue weighted by Gasteiger charge is 2.41. The van der Waals surface area contributed by atoms with Gasteiger partial charge in [0, 0.05) is 12.1 Å². The van der Waals surface area contributed by atoms with Gasteiger partial charge in [-0.15, -0.1) is 0 Å². The predicted octanol–water partition coefficient (Wildman–Crippen LogP) is 2.32. The SMILES string of the molecule is Clc1nsnc1N1C2CCC1CC2. The van der Waals surface area contributed by atoms with Crippen molar-refractivity contribution in [2.24, 2.45) is 0 Å². The van der Waals surface area contributed by atoms with Gasteiger partial charge < -0.3 is 4.90 Å². The fourth-order valence-electron chi connectivity index (χ4n) is 2.59. The number of nitrogens with zero attached hydrogens (tertiary/aromatic N) is 3. The molecule has 1 aromatic heterocycles. The second kappa shape index (κ2) is 2.82. The van der Waals surface area contributed by atoms with Crippen molar-refractivity contribution in [1.82, 2.24) is 8.75 Å². The van der Waals surface area contributed by atoms with E-state index in [1.165, 1.54) is 37.4 Å². The second-order valence-corrected chi connectivity index (χ2v) is 4.63. The molecule has 5 heteroatoms. The third-order valence-electron chi connectivity index (χ3n) is 3.13. The van der Waals surface area contributed by atoms with Crippen molar-refractivity contribution < 1.29 is 0 Å². The highest BCUT2D eigenvalue weighted by Crippen LogP contribution is 2.42. The molecule has 70 valence electrons. The number of fused-ring (bicyclic) bond motifs is 2. The van der Waals surface area contributed by atoms with Gasteiger partial charge in [-0.3, -0.25) is 0 Å². The summed E-state index contributed by atoms with van der Waals surface area (Å²) in [5, 5.41) is 0.587. The van der Waals surface area contributed by atoms with E-state index in [1.807, 2.05) is 0 Å². The van der Waals surface area contributed by atoms with Gasteiger partial charge in [0.05, 0.1) is 11.7 Å². The zero-order valence-corrected chi connectivity index (χ0v) is 8.68. The first-order valence-corrected chi connectivity index (χ1v) is 5.73. The maximum absolute atomic E-state index is 5.97. The molecule has 3 rings (SSSR count). The first kappa shape index (κ1) is 8.00. The Balaban J connectivity index is 1.98. The Labute approximate surface area is 86.0 Å². The lowest BCUT2D eigenvalue weighted by molar-refractivity contribution is 0.576. The minimum atomic E-state index is 0.587. The van der Waals surface area contributed by atoms with Crippen LogP contribution >= 0.6 is 23.3 Å². The van der Waals surface area contributed by atoms with E-state index in [0.717, 1.165) is 5.82 Å². The van der Waals surface area contributed by atoms with Crippen LogP contribution in [0.2, 0.25) is 5.15 Å². The largest absolute Gasteiger partial charge is 0.347 e. The lowest BCUT2D eigenvalue weighted by Crippen LogP contribution is -2.28. The van der Waals surface area contributed by atoms with Gasteiger partial charge in [0.25, 0.3) is 0 Å². The van der Waals surface area contributed by atoms with E-state index in [2.05, 4.69) is 13.6 Å². The lowest BCUT2D eigenvalue weighted by atomic mass is 10.0. The van der Waals surface area contributed by atoms with Gasteiger partial charge in [-0.25, -0.2) is 0 Å². The summed E-state index contributed by atoms with van der Waals surface area (Å²) in [6.07, 6.45) is 5.22. The van der Waals surface area contributed by atoms with Crippen LogP contribution in [0, 0.1) is 0 Å². The first-order valence-electron chi connectivity index (χ1n) is 4.62. The van der Waals surface area contributed by atoms with Crippen LogP contribution in [0.4, 0.5) is 5.82 Å². The second-order valence-electron chi connectivity index (χ2n) is 3.75. The van der Waals surface area contributed by atoms with Crippen LogP contribution < -0.4 is 4.90 Å². The molecular weight excluding hydrogens is 206 g/mol. The summed E-state index contributed by atoms with van der Waals surface area (Å²) in [5.41, 5.74) is 0. The number of hydrogen-bond acceptors (Lipinski definition) is 4. The summed E-state index contributed by atoms with van der Waals surface area (Å²) in [6, 6.07) is 1.37. The Bertz CT molecular complexity index is 307. The quantitative estimate of drug-likeness (QED) is 0.720. The maximum atomic E-state index is 5.97. The molecule has 0 radical (unpaired) electrons. The van der Waals surface area contributed by atoms with Gasteiger partial charge in [0.2, 0.25) is 0 Å². The summed E-state index contributed by atoms with van der Waals surface area (Å²) in [7, 11) is 0. The molecule has 0 atom stereocenters. The van der Waals surface area contributed by atoms with Crippen molar-refractivity contribution in [2.45, 2.75) is 37.8 Å². The molecule has 13 heavy (non-hydrogen) atoms. The molecule has 3 heterocycles. The average Bonchev–Trinajstić information content (AvgIpc) is 2.78. The van der Waals surface area contributed by atoms with Crippen molar-refractivity contribution in [2.75, 3.05) is 4.90 Å². The zero-order valence-electron chi connectivity index (χ0n) is 7.11. The Kier molecular flexibility index (Phi) is 1.73. The maximum Gasteiger partial charge on any atom is 0.187 e. The van der Waals surface area contributed by atoms with Crippen molar-refractivity contribution in [3.8, 4) is 0 Å². The molecule has 0 N–H and O–H groups in total. The Hall–Kier alpha value is -0.350. The Morgan fingerprint density at radius 1 is 1.15 bits per heavy atom. The summed E-state index contributed by atoms with van der Waals surface area (Å²) >= 11 is 7.18. The number of aromatic nitrogens is 2. The zero-order chi connectivity index (χ0) is 8.84. The fourth-order valence-corrected chi connectivity index (χ4v) is 3.32. The lowest BCUT2D eigenvalue weighted by Gasteiger charge is -2.20. The van der Waals surface area contributed by atoms with Crippen LogP contribution in [0.1, 0.15) is 25.7 Å². The number of rotatable bonds is 1. The highest BCUT2D eigenvalue weighted by atomic mass is 35.5. The molecule has 0 aromatic carbocycles. The number of hydrogen-bond donors (Lipinski definition) is 0. The topological polar surface area (TPSA) is 29.0 Å². The van der Waals surface area contributed by atoms with E-state index >= 15 is 0 Å². The van der Waals surface area contributed by atoms with Gasteiger partial charge >= 0.3 is 0 Å². The van der Waals surface area contributed by atoms with Crippen molar-refractivity contribution in [3.63, 3.8) is 0 Å². The highest BCUT2D eigenvalue weighted by molar-refractivity contribution is 6.99. The van der Waals surface area contributed by atoms with Gasteiger partial charge in [-0.05, 0) is 25.7 Å². The molecule has 0 spiro atoms. The van der Waals surface area contributed by atoms with Crippen molar-refractivity contribution >= 4 is 29.1 Å². The third kappa shape index (κ3) is 1.08. The molecule has 0 unspecified atom stereocenters. The van der Waals surface area contributed by atoms with Crippen LogP contribution in [-0.2, 0) is 0 Å². The molecule has 2 aliphatic rings. The molecule has 2 saturated heterocycles. The van der Waals surface area contributed by atoms with E-state index in [0.29, 0.717) is 17.2 Å². The van der Waals surface area contributed by atoms with E-state index in [4.69, 9.17) is 11.6 Å². The standard InChI is InChI=1S/C8H10ClN3S/c9-7-8(11-13-10-7)12-5-1-2-6(12)4-3-5/h5-6H,1-4H2. The fraction of sp³-hybridized carbons (Fsp3) is 0.750. The third-order valence-corrected chi connectivity index (χ3v) is 4.00. The summed E-state index contributed by atoms with van der Waals surface area (Å²) in [4.78, 5) is 2.38. The van der Waals surface area contributed by atoms with Gasteiger partial charge in [-0.1, -0.05) is 11.6 Å². The molecule has 0 aliphatic carbocycles. The van der Waals surface area contributed by atoms with Gasteiger partial charge in [-0.2, -0.15) is 8.75 Å². The van der Waals surface area contributed by atoms with E-state index < -0.39 is 0 Å². The van der Waals surface area contributed by atoms with Crippen LogP contribution in [-0.4, -0.2) is 20.8 Å². The summed E-state index contributed by atoms with van der Waals surface area (Å²) < 4.78 is 8.28. The van der Waals surface area contributed by atoms with E-state index in [9.17, 15) is 0 Å². The molecule has 2 bridgehead atoms. The number of anilines is 1. The monoisotopic (exact) mass is 215 g/mol. The molecule has 0 amide bonds. The molecule has 2 fully saturated rings. The van der Waals surface area contributed by atoms with Crippen LogP contribution in [0.3, 0.4) is 0 Å². The molecule has 3 nitrogen and oxygen atoms in total. The summed E-state index contributed by atoms with van der Waals surface area (Å²) in [5.74, 6) is 0.927. The van der Waals surface area contributed by atoms with Crippen molar-refractivity contribution in [1.29, 1.82) is 0 Å². The molecule has 1 aromatic rings. The minimum absolute atomic E-state index is 0.587. The van der Waals surface area contributed by atoms with Crippen LogP contribution in [0.5, 0.6) is 0 Å². The van der Waals surface area contributed by atoms with Crippen LogP contribution in [0.15, 0.2) is 0 Å². The molecule has 0 saturated carbocycles. The smallest absolute Gasteiger partial charge is 0.187 e.